The van der Waals surface area contributed by atoms with E-state index in [2.05, 4.69) is 168 Å². The zero-order valence-corrected chi connectivity index (χ0v) is 29.8. The normalized spacial score (nSPS) is 12.0. The van der Waals surface area contributed by atoms with Crippen molar-refractivity contribution in [3.63, 3.8) is 0 Å². The Bertz CT molecular complexity index is 3240. The molecule has 52 heavy (non-hydrogen) atoms. The Hall–Kier alpha value is -6.22. The molecular formula is C50H33NS. The van der Waals surface area contributed by atoms with Gasteiger partial charge in [-0.25, -0.2) is 0 Å². The summed E-state index contributed by atoms with van der Waals surface area (Å²) in [4.78, 5) is 0. The van der Waals surface area contributed by atoms with E-state index in [-0.39, 0.29) is 0 Å². The molecule has 2 heteroatoms. The van der Waals surface area contributed by atoms with Gasteiger partial charge in [-0.2, -0.15) is 0 Å². The highest BCUT2D eigenvalue weighted by Crippen LogP contribution is 2.49. The van der Waals surface area contributed by atoms with Crippen molar-refractivity contribution < 1.29 is 0 Å². The van der Waals surface area contributed by atoms with Gasteiger partial charge in [0, 0.05) is 36.6 Å². The van der Waals surface area contributed by atoms with Crippen LogP contribution in [-0.4, -0.2) is 4.57 Å². The average Bonchev–Trinajstić information content (AvgIpc) is 3.87. The molecular weight excluding hydrogens is 647 g/mol. The number of benzene rings is 9. The van der Waals surface area contributed by atoms with Crippen molar-refractivity contribution in [2.45, 2.75) is 13.8 Å². The fraction of sp³-hybridized carbons (Fsp3) is 0.0400. The number of nitrogens with zero attached hydrogens (tertiary/aromatic N) is 1. The topological polar surface area (TPSA) is 4.93 Å². The molecule has 11 aromatic rings. The Balaban J connectivity index is 0.00000158. The van der Waals surface area contributed by atoms with Crippen LogP contribution in [0, 0.1) is 0 Å². The van der Waals surface area contributed by atoms with Crippen LogP contribution in [0.4, 0.5) is 0 Å². The van der Waals surface area contributed by atoms with E-state index in [9.17, 15) is 0 Å². The average molecular weight is 680 g/mol. The Morgan fingerprint density at radius 2 is 1.02 bits per heavy atom. The second kappa shape index (κ2) is 11.1. The molecule has 244 valence electrons. The number of thiophene rings is 1. The lowest BCUT2D eigenvalue weighted by atomic mass is 9.93. The number of fused-ring (bicyclic) bond motifs is 13. The van der Waals surface area contributed by atoms with Crippen LogP contribution in [0.5, 0.6) is 0 Å². The smallest absolute Gasteiger partial charge is 0.0547 e. The maximum atomic E-state index is 2.45. The van der Waals surface area contributed by atoms with Gasteiger partial charge in [-0.15, -0.1) is 11.3 Å². The molecule has 0 aliphatic heterocycles. The van der Waals surface area contributed by atoms with Crippen molar-refractivity contribution in [1.29, 1.82) is 0 Å². The van der Waals surface area contributed by atoms with Crippen LogP contribution in [0.1, 0.15) is 13.8 Å². The summed E-state index contributed by atoms with van der Waals surface area (Å²) in [5.74, 6) is 0. The van der Waals surface area contributed by atoms with Gasteiger partial charge in [-0.1, -0.05) is 135 Å². The first-order valence-corrected chi connectivity index (χ1v) is 19.1. The maximum Gasteiger partial charge on any atom is 0.0547 e. The molecule has 0 amide bonds. The minimum atomic E-state index is 1.18. The van der Waals surface area contributed by atoms with Crippen molar-refractivity contribution in [1.82, 2.24) is 4.57 Å². The summed E-state index contributed by atoms with van der Waals surface area (Å²) in [5.41, 5.74) is 11.5. The van der Waals surface area contributed by atoms with E-state index >= 15 is 0 Å². The number of para-hydroxylation sites is 1. The molecule has 1 nitrogen and oxygen atoms in total. The molecule has 12 rings (SSSR count). The third-order valence-corrected chi connectivity index (χ3v) is 12.2. The molecule has 0 saturated carbocycles. The summed E-state index contributed by atoms with van der Waals surface area (Å²) in [6, 6.07) is 61.1. The zero-order valence-electron chi connectivity index (χ0n) is 28.9. The Morgan fingerprint density at radius 1 is 0.365 bits per heavy atom. The van der Waals surface area contributed by atoms with Crippen LogP contribution in [0.2, 0.25) is 0 Å². The predicted octanol–water partition coefficient (Wildman–Crippen LogP) is 15.0. The number of hydrogen-bond acceptors (Lipinski definition) is 1. The van der Waals surface area contributed by atoms with E-state index in [1.807, 2.05) is 25.2 Å². The zero-order chi connectivity index (χ0) is 34.5. The summed E-state index contributed by atoms with van der Waals surface area (Å²) in [7, 11) is 0. The molecule has 1 aliphatic rings. The number of hydrogen-bond donors (Lipinski definition) is 0. The van der Waals surface area contributed by atoms with Crippen LogP contribution in [0.25, 0.3) is 113 Å². The van der Waals surface area contributed by atoms with Gasteiger partial charge in [0.1, 0.15) is 0 Å². The largest absolute Gasteiger partial charge is 0.309 e. The quantitative estimate of drug-likeness (QED) is 0.171. The molecule has 0 saturated heterocycles. The number of aromatic nitrogens is 1. The van der Waals surface area contributed by atoms with Gasteiger partial charge in [-0.3, -0.25) is 0 Å². The van der Waals surface area contributed by atoms with Crippen LogP contribution >= 0.6 is 11.3 Å². The minimum absolute atomic E-state index is 1.18. The molecule has 0 fully saturated rings. The van der Waals surface area contributed by atoms with Gasteiger partial charge < -0.3 is 4.57 Å². The van der Waals surface area contributed by atoms with E-state index in [4.69, 9.17) is 0 Å². The van der Waals surface area contributed by atoms with Gasteiger partial charge in [-0.05, 0) is 108 Å². The van der Waals surface area contributed by atoms with E-state index in [1.165, 1.54) is 113 Å². The summed E-state index contributed by atoms with van der Waals surface area (Å²) in [6.45, 7) is 4.00. The van der Waals surface area contributed by atoms with E-state index in [0.717, 1.165) is 0 Å². The van der Waals surface area contributed by atoms with Crippen LogP contribution in [0.3, 0.4) is 0 Å². The van der Waals surface area contributed by atoms with Gasteiger partial charge in [0.2, 0.25) is 0 Å². The van der Waals surface area contributed by atoms with E-state index < -0.39 is 0 Å². The SMILES string of the molecule is CC.c1ccc2c(c1)-c1cccc3c(-c4ccc5cc(-n6c7ccccc7c7c8ccc9sc%10ccccc%10c9c8ccc76)ccc5c4)ccc-2c13. The molecule has 2 aromatic heterocycles. The molecule has 1 aliphatic carbocycles. The molecule has 0 radical (unpaired) electrons. The standard InChI is InChI=1S/C48H27NS.C2H6/c1-2-9-34-33(8-1)36-13-7-12-35-32(20-21-37(34)46(35)36)30-17-16-29-27-31(19-18-28(29)26-30)49-42-14-5-3-10-40(42)47-38-23-25-45-48(39(38)22-24-43(47)49)41-11-4-6-15-44(41)50-45;1-2/h1-27H;1-2H3. The molecule has 9 aromatic carbocycles. The van der Waals surface area contributed by atoms with Crippen LogP contribution in [0.15, 0.2) is 164 Å². The summed E-state index contributed by atoms with van der Waals surface area (Å²) in [6.07, 6.45) is 0. The Kier molecular flexibility index (Phi) is 6.32. The maximum absolute atomic E-state index is 2.45. The predicted molar refractivity (Wildman–Crippen MR) is 227 cm³/mol. The van der Waals surface area contributed by atoms with E-state index in [1.54, 1.807) is 0 Å². The second-order valence-corrected chi connectivity index (χ2v) is 14.7. The summed E-state index contributed by atoms with van der Waals surface area (Å²) < 4.78 is 5.14. The Labute approximate surface area is 305 Å². The first-order valence-electron chi connectivity index (χ1n) is 18.3. The second-order valence-electron chi connectivity index (χ2n) is 13.6. The third kappa shape index (κ3) is 3.99. The first-order chi connectivity index (χ1) is 25.8. The minimum Gasteiger partial charge on any atom is -0.309 e. The lowest BCUT2D eigenvalue weighted by Gasteiger charge is -2.12. The molecule has 0 N–H and O–H groups in total. The van der Waals surface area contributed by atoms with Crippen LogP contribution in [-0.2, 0) is 0 Å². The highest BCUT2D eigenvalue weighted by Gasteiger charge is 2.22. The van der Waals surface area contributed by atoms with Gasteiger partial charge in [0.05, 0.1) is 11.0 Å². The van der Waals surface area contributed by atoms with Crippen LogP contribution < -0.4 is 0 Å². The van der Waals surface area contributed by atoms with Gasteiger partial charge in [0.15, 0.2) is 0 Å². The van der Waals surface area contributed by atoms with Crippen molar-refractivity contribution >= 4 is 85.6 Å². The van der Waals surface area contributed by atoms with Crippen molar-refractivity contribution in [3.8, 4) is 39.1 Å². The molecule has 0 spiro atoms. The van der Waals surface area contributed by atoms with E-state index in [0.29, 0.717) is 0 Å². The highest BCUT2D eigenvalue weighted by atomic mass is 32.1. The lowest BCUT2D eigenvalue weighted by Crippen LogP contribution is -1.94. The van der Waals surface area contributed by atoms with Crippen molar-refractivity contribution in [2.75, 3.05) is 0 Å². The number of rotatable bonds is 2. The molecule has 2 heterocycles. The Morgan fingerprint density at radius 3 is 1.90 bits per heavy atom. The van der Waals surface area contributed by atoms with Crippen molar-refractivity contribution in [3.05, 3.63) is 164 Å². The van der Waals surface area contributed by atoms with Crippen molar-refractivity contribution in [2.24, 2.45) is 0 Å². The highest BCUT2D eigenvalue weighted by molar-refractivity contribution is 7.26. The molecule has 0 bridgehead atoms. The van der Waals surface area contributed by atoms with Gasteiger partial charge >= 0.3 is 0 Å². The summed E-state index contributed by atoms with van der Waals surface area (Å²) in [5, 5.41) is 13.1. The van der Waals surface area contributed by atoms with Gasteiger partial charge in [0.25, 0.3) is 0 Å². The fourth-order valence-electron chi connectivity index (χ4n) is 8.98. The molecule has 0 atom stereocenters. The summed E-state index contributed by atoms with van der Waals surface area (Å²) >= 11 is 1.88. The first kappa shape index (κ1) is 29.5. The third-order valence-electron chi connectivity index (χ3n) is 11.1. The monoisotopic (exact) mass is 679 g/mol. The lowest BCUT2D eigenvalue weighted by molar-refractivity contribution is 1.19. The molecule has 0 unspecified atom stereocenters. The fourth-order valence-corrected chi connectivity index (χ4v) is 10.1.